The molecule has 2 aromatic rings. The molecular weight excluding hydrogens is 307 g/mol. The van der Waals surface area contributed by atoms with Crippen LogP contribution in [0.2, 0.25) is 0 Å². The largest absolute Gasteiger partial charge is 0.393 e. The van der Waals surface area contributed by atoms with Crippen LogP contribution < -0.4 is 10.2 Å². The van der Waals surface area contributed by atoms with E-state index in [1.165, 1.54) is 6.07 Å². The number of anilines is 2. The lowest BCUT2D eigenvalue weighted by Gasteiger charge is -2.32. The molecule has 2 N–H and O–H groups in total. The molecule has 1 saturated heterocycles. The van der Waals surface area contributed by atoms with Crippen LogP contribution in [0.1, 0.15) is 28.8 Å². The summed E-state index contributed by atoms with van der Waals surface area (Å²) in [6.07, 6.45) is 1.15. The van der Waals surface area contributed by atoms with Gasteiger partial charge in [0.1, 0.15) is 5.82 Å². The van der Waals surface area contributed by atoms with Gasteiger partial charge in [0.15, 0.2) is 0 Å². The van der Waals surface area contributed by atoms with Crippen LogP contribution in [-0.2, 0) is 0 Å². The third-order valence-corrected chi connectivity index (χ3v) is 4.39. The molecule has 126 valence electrons. The Balaban J connectivity index is 1.83. The number of rotatable bonds is 3. The molecule has 3 rings (SSSR count). The minimum absolute atomic E-state index is 0.0406. The van der Waals surface area contributed by atoms with Crippen LogP contribution in [0.25, 0.3) is 0 Å². The van der Waals surface area contributed by atoms with E-state index in [0.717, 1.165) is 18.8 Å². The maximum Gasteiger partial charge on any atom is 0.258 e. The first-order valence-electron chi connectivity index (χ1n) is 8.15. The molecule has 0 spiro atoms. The van der Waals surface area contributed by atoms with Crippen LogP contribution in [0.3, 0.4) is 0 Å². The Kier molecular flexibility index (Phi) is 4.81. The fourth-order valence-corrected chi connectivity index (χ4v) is 2.97. The molecule has 0 aromatic heterocycles. The van der Waals surface area contributed by atoms with Gasteiger partial charge in [0.2, 0.25) is 0 Å². The van der Waals surface area contributed by atoms with Gasteiger partial charge in [0, 0.05) is 13.1 Å². The van der Waals surface area contributed by atoms with Crippen LogP contribution in [0.15, 0.2) is 42.5 Å². The standard InChI is InChI=1S/C19H21FN2O2/c1-13-5-4-6-15(18(13)20)19(24)21-16-7-2-3-8-17(16)22-11-9-14(23)10-12-22/h2-8,14,23H,9-12H2,1H3,(H,21,24). The zero-order chi connectivity index (χ0) is 17.1. The molecule has 0 unspecified atom stereocenters. The molecular formula is C19H21FN2O2. The van der Waals surface area contributed by atoms with E-state index in [1.54, 1.807) is 19.1 Å². The number of aliphatic hydroxyl groups is 1. The zero-order valence-corrected chi connectivity index (χ0v) is 13.6. The minimum atomic E-state index is -0.492. The molecule has 0 bridgehead atoms. The predicted molar refractivity (Wildman–Crippen MR) is 93.0 cm³/mol. The third-order valence-electron chi connectivity index (χ3n) is 4.39. The van der Waals surface area contributed by atoms with E-state index in [4.69, 9.17) is 0 Å². The summed E-state index contributed by atoms with van der Waals surface area (Å²) in [4.78, 5) is 14.6. The van der Waals surface area contributed by atoms with Crippen molar-refractivity contribution in [2.45, 2.75) is 25.9 Å². The number of para-hydroxylation sites is 2. The Labute approximate surface area is 140 Å². The second-order valence-corrected chi connectivity index (χ2v) is 6.13. The zero-order valence-electron chi connectivity index (χ0n) is 13.6. The number of amides is 1. The average molecular weight is 328 g/mol. The van der Waals surface area contributed by atoms with E-state index >= 15 is 0 Å². The molecule has 1 aliphatic rings. The minimum Gasteiger partial charge on any atom is -0.393 e. The number of nitrogens with zero attached hydrogens (tertiary/aromatic N) is 1. The van der Waals surface area contributed by atoms with Crippen LogP contribution in [0.5, 0.6) is 0 Å². The monoisotopic (exact) mass is 328 g/mol. The first-order chi connectivity index (χ1) is 11.6. The van der Waals surface area contributed by atoms with Gasteiger partial charge < -0.3 is 15.3 Å². The summed E-state index contributed by atoms with van der Waals surface area (Å²) >= 11 is 0. The van der Waals surface area contributed by atoms with Gasteiger partial charge in [-0.25, -0.2) is 4.39 Å². The SMILES string of the molecule is Cc1cccc(C(=O)Nc2ccccc2N2CCC(O)CC2)c1F. The topological polar surface area (TPSA) is 52.6 Å². The fraction of sp³-hybridized carbons (Fsp3) is 0.316. The van der Waals surface area contributed by atoms with Gasteiger partial charge in [-0.05, 0) is 43.5 Å². The van der Waals surface area contributed by atoms with Gasteiger partial charge in [0.25, 0.3) is 5.91 Å². The lowest BCUT2D eigenvalue weighted by molar-refractivity contribution is 0.102. The Morgan fingerprint density at radius 2 is 1.88 bits per heavy atom. The number of hydrogen-bond donors (Lipinski definition) is 2. The van der Waals surface area contributed by atoms with Gasteiger partial charge >= 0.3 is 0 Å². The van der Waals surface area contributed by atoms with E-state index in [1.807, 2.05) is 24.3 Å². The molecule has 2 aromatic carbocycles. The van der Waals surface area contributed by atoms with Crippen LogP contribution in [0.4, 0.5) is 15.8 Å². The van der Waals surface area contributed by atoms with Crippen molar-refractivity contribution >= 4 is 17.3 Å². The van der Waals surface area contributed by atoms with Crippen molar-refractivity contribution in [2.24, 2.45) is 0 Å². The smallest absolute Gasteiger partial charge is 0.258 e. The van der Waals surface area contributed by atoms with Crippen LogP contribution >= 0.6 is 0 Å². The molecule has 1 heterocycles. The first kappa shape index (κ1) is 16.5. The number of benzene rings is 2. The first-order valence-corrected chi connectivity index (χ1v) is 8.15. The molecule has 0 atom stereocenters. The lowest BCUT2D eigenvalue weighted by atomic mass is 10.1. The van der Waals surface area contributed by atoms with Crippen LogP contribution in [-0.4, -0.2) is 30.2 Å². The lowest BCUT2D eigenvalue weighted by Crippen LogP contribution is -2.36. The Morgan fingerprint density at radius 1 is 1.17 bits per heavy atom. The molecule has 24 heavy (non-hydrogen) atoms. The number of aryl methyl sites for hydroxylation is 1. The maximum atomic E-state index is 14.2. The van der Waals surface area contributed by atoms with Crippen molar-refractivity contribution in [2.75, 3.05) is 23.3 Å². The number of hydrogen-bond acceptors (Lipinski definition) is 3. The maximum absolute atomic E-state index is 14.2. The number of aliphatic hydroxyl groups excluding tert-OH is 1. The van der Waals surface area contributed by atoms with Crippen molar-refractivity contribution in [1.29, 1.82) is 0 Å². The number of carbonyl (C=O) groups excluding carboxylic acids is 1. The second kappa shape index (κ2) is 7.01. The van der Waals surface area contributed by atoms with E-state index in [-0.39, 0.29) is 11.7 Å². The van der Waals surface area contributed by atoms with Crippen molar-refractivity contribution in [1.82, 2.24) is 0 Å². The molecule has 0 aliphatic carbocycles. The van der Waals surface area contributed by atoms with E-state index in [2.05, 4.69) is 10.2 Å². The highest BCUT2D eigenvalue weighted by Crippen LogP contribution is 2.29. The van der Waals surface area contributed by atoms with Gasteiger partial charge in [-0.1, -0.05) is 24.3 Å². The third kappa shape index (κ3) is 3.41. The molecule has 0 radical (unpaired) electrons. The van der Waals surface area contributed by atoms with Gasteiger partial charge in [-0.3, -0.25) is 4.79 Å². The second-order valence-electron chi connectivity index (χ2n) is 6.13. The summed E-state index contributed by atoms with van der Waals surface area (Å²) in [6, 6.07) is 12.3. The molecule has 1 fully saturated rings. The van der Waals surface area contributed by atoms with Crippen molar-refractivity contribution in [3.8, 4) is 0 Å². The molecule has 1 aliphatic heterocycles. The predicted octanol–water partition coefficient (Wildman–Crippen LogP) is 3.35. The summed E-state index contributed by atoms with van der Waals surface area (Å²) in [5.41, 5.74) is 2.03. The van der Waals surface area contributed by atoms with Crippen LogP contribution in [0, 0.1) is 12.7 Å². The molecule has 1 amide bonds. The highest BCUT2D eigenvalue weighted by atomic mass is 19.1. The highest BCUT2D eigenvalue weighted by molar-refractivity contribution is 6.06. The average Bonchev–Trinajstić information content (AvgIpc) is 2.58. The van der Waals surface area contributed by atoms with Gasteiger partial charge in [-0.2, -0.15) is 0 Å². The Morgan fingerprint density at radius 3 is 2.62 bits per heavy atom. The summed E-state index contributed by atoms with van der Waals surface area (Å²) in [6.45, 7) is 3.10. The molecule has 4 nitrogen and oxygen atoms in total. The van der Waals surface area contributed by atoms with E-state index < -0.39 is 11.7 Å². The molecule has 0 saturated carbocycles. The highest BCUT2D eigenvalue weighted by Gasteiger charge is 2.21. The quantitative estimate of drug-likeness (QED) is 0.908. The summed E-state index contributed by atoms with van der Waals surface area (Å²) in [5, 5.41) is 12.5. The Hall–Kier alpha value is -2.40. The number of halogens is 1. The summed E-state index contributed by atoms with van der Waals surface area (Å²) in [7, 11) is 0. The van der Waals surface area contributed by atoms with E-state index in [9.17, 15) is 14.3 Å². The molecule has 5 heteroatoms. The van der Waals surface area contributed by atoms with Crippen molar-refractivity contribution in [3.63, 3.8) is 0 Å². The van der Waals surface area contributed by atoms with E-state index in [0.29, 0.717) is 24.1 Å². The number of nitrogens with one attached hydrogen (secondary N) is 1. The van der Waals surface area contributed by atoms with Gasteiger partial charge in [0.05, 0.1) is 23.0 Å². The van der Waals surface area contributed by atoms with Crippen molar-refractivity contribution < 1.29 is 14.3 Å². The van der Waals surface area contributed by atoms with Crippen molar-refractivity contribution in [3.05, 3.63) is 59.4 Å². The number of carbonyl (C=O) groups is 1. The Bertz CT molecular complexity index is 740. The summed E-state index contributed by atoms with van der Waals surface area (Å²) < 4.78 is 14.2. The fourth-order valence-electron chi connectivity index (χ4n) is 2.97. The van der Waals surface area contributed by atoms with Gasteiger partial charge in [-0.15, -0.1) is 0 Å². The number of piperidine rings is 1. The summed E-state index contributed by atoms with van der Waals surface area (Å²) in [5.74, 6) is -0.950. The normalized spacial score (nSPS) is 15.4.